The van der Waals surface area contributed by atoms with Crippen molar-refractivity contribution in [1.29, 1.82) is 0 Å². The van der Waals surface area contributed by atoms with Crippen LogP contribution in [0.1, 0.15) is 5.69 Å². The minimum absolute atomic E-state index is 0.599. The van der Waals surface area contributed by atoms with Crippen LogP contribution in [-0.2, 0) is 7.05 Å². The average molecular weight is 232 g/mol. The van der Waals surface area contributed by atoms with Gasteiger partial charge >= 0.3 is 0 Å². The van der Waals surface area contributed by atoms with Gasteiger partial charge in [-0.3, -0.25) is 4.40 Å². The minimum Gasteiger partial charge on any atom is -0.381 e. The Morgan fingerprint density at radius 3 is 2.81 bits per heavy atom. The van der Waals surface area contributed by atoms with Crippen LogP contribution in [0.3, 0.4) is 0 Å². The maximum atomic E-state index is 5.78. The number of rotatable bonds is 1. The summed E-state index contributed by atoms with van der Waals surface area (Å²) in [4.78, 5) is 5.13. The number of aromatic nitrogens is 3. The van der Waals surface area contributed by atoms with Crippen LogP contribution in [0.15, 0.2) is 23.8 Å². The SMILES string of the molecule is Cc1ccc(-c2csc3c(N)ncn23)n1C. The van der Waals surface area contributed by atoms with Crippen LogP contribution in [0.25, 0.3) is 16.2 Å². The second-order valence-electron chi connectivity index (χ2n) is 3.84. The van der Waals surface area contributed by atoms with Gasteiger partial charge < -0.3 is 10.3 Å². The third-order valence-electron chi connectivity index (χ3n) is 2.93. The summed E-state index contributed by atoms with van der Waals surface area (Å²) in [6.45, 7) is 2.09. The zero-order valence-electron chi connectivity index (χ0n) is 9.14. The van der Waals surface area contributed by atoms with Crippen LogP contribution in [0, 0.1) is 6.92 Å². The molecule has 3 aromatic heterocycles. The first-order chi connectivity index (χ1) is 7.68. The lowest BCUT2D eigenvalue weighted by Crippen LogP contribution is -1.95. The summed E-state index contributed by atoms with van der Waals surface area (Å²) in [7, 11) is 2.06. The Hall–Kier alpha value is -1.75. The average Bonchev–Trinajstić information content (AvgIpc) is 2.90. The predicted molar refractivity (Wildman–Crippen MR) is 66.6 cm³/mol. The van der Waals surface area contributed by atoms with Crippen molar-refractivity contribution in [3.8, 4) is 11.4 Å². The molecule has 0 atom stereocenters. The Kier molecular flexibility index (Phi) is 1.85. The van der Waals surface area contributed by atoms with Gasteiger partial charge in [-0.2, -0.15) is 0 Å². The highest BCUT2D eigenvalue weighted by Gasteiger charge is 2.12. The largest absolute Gasteiger partial charge is 0.381 e. The molecule has 0 unspecified atom stereocenters. The number of anilines is 1. The van der Waals surface area contributed by atoms with E-state index in [1.165, 1.54) is 11.4 Å². The van der Waals surface area contributed by atoms with Crippen molar-refractivity contribution in [2.75, 3.05) is 5.73 Å². The van der Waals surface area contributed by atoms with Gasteiger partial charge in [-0.05, 0) is 19.1 Å². The van der Waals surface area contributed by atoms with E-state index in [-0.39, 0.29) is 0 Å². The van der Waals surface area contributed by atoms with E-state index in [4.69, 9.17) is 5.73 Å². The van der Waals surface area contributed by atoms with Gasteiger partial charge in [0, 0.05) is 18.1 Å². The third-order valence-corrected chi connectivity index (χ3v) is 3.90. The number of hydrogen-bond acceptors (Lipinski definition) is 3. The molecule has 0 fully saturated rings. The molecule has 0 aromatic carbocycles. The van der Waals surface area contributed by atoms with E-state index >= 15 is 0 Å². The normalized spacial score (nSPS) is 11.4. The molecule has 16 heavy (non-hydrogen) atoms. The molecular formula is C11H12N4S. The van der Waals surface area contributed by atoms with Crippen LogP contribution < -0.4 is 5.73 Å². The Bertz CT molecular complexity index is 659. The van der Waals surface area contributed by atoms with Gasteiger partial charge in [0.15, 0.2) is 5.82 Å². The summed E-state index contributed by atoms with van der Waals surface area (Å²) in [5.74, 6) is 0.599. The molecule has 0 spiro atoms. The third kappa shape index (κ3) is 1.12. The van der Waals surface area contributed by atoms with E-state index in [0.29, 0.717) is 5.82 Å². The molecule has 0 amide bonds. The monoisotopic (exact) mass is 232 g/mol. The number of aryl methyl sites for hydroxylation is 1. The standard InChI is InChI=1S/C11H12N4S/c1-7-3-4-8(14(7)2)9-5-16-11-10(12)13-6-15(9)11/h3-6H,12H2,1-2H3. The van der Waals surface area contributed by atoms with Crippen molar-refractivity contribution >= 4 is 22.0 Å². The summed E-state index contributed by atoms with van der Waals surface area (Å²) in [5, 5.41) is 2.11. The highest BCUT2D eigenvalue weighted by Crippen LogP contribution is 2.29. The molecule has 3 heterocycles. The lowest BCUT2D eigenvalue weighted by Gasteiger charge is -2.03. The van der Waals surface area contributed by atoms with Gasteiger partial charge in [0.1, 0.15) is 11.2 Å². The number of fused-ring (bicyclic) bond motifs is 1. The number of nitrogens with two attached hydrogens (primary N) is 1. The minimum atomic E-state index is 0.599. The maximum Gasteiger partial charge on any atom is 0.160 e. The smallest absolute Gasteiger partial charge is 0.160 e. The molecule has 0 bridgehead atoms. The second-order valence-corrected chi connectivity index (χ2v) is 4.70. The molecule has 0 aliphatic rings. The van der Waals surface area contributed by atoms with E-state index in [9.17, 15) is 0 Å². The Labute approximate surface area is 97.0 Å². The molecule has 3 aromatic rings. The molecule has 3 rings (SSSR count). The fraction of sp³-hybridized carbons (Fsp3) is 0.182. The fourth-order valence-corrected chi connectivity index (χ4v) is 2.75. The fourth-order valence-electron chi connectivity index (χ4n) is 1.86. The summed E-state index contributed by atoms with van der Waals surface area (Å²) in [6, 6.07) is 4.23. The number of thiazole rings is 1. The summed E-state index contributed by atoms with van der Waals surface area (Å²) >= 11 is 1.62. The Morgan fingerprint density at radius 1 is 1.31 bits per heavy atom. The summed E-state index contributed by atoms with van der Waals surface area (Å²) < 4.78 is 4.20. The van der Waals surface area contributed by atoms with E-state index < -0.39 is 0 Å². The molecule has 0 aliphatic heterocycles. The lowest BCUT2D eigenvalue weighted by atomic mass is 10.3. The van der Waals surface area contributed by atoms with E-state index in [1.807, 2.05) is 4.40 Å². The van der Waals surface area contributed by atoms with Gasteiger partial charge in [-0.1, -0.05) is 0 Å². The molecule has 0 saturated heterocycles. The lowest BCUT2D eigenvalue weighted by molar-refractivity contribution is 0.884. The molecule has 0 aliphatic carbocycles. The Balaban J connectivity index is 2.30. The van der Waals surface area contributed by atoms with Crippen molar-refractivity contribution in [1.82, 2.24) is 14.0 Å². The van der Waals surface area contributed by atoms with Crippen LogP contribution in [-0.4, -0.2) is 14.0 Å². The van der Waals surface area contributed by atoms with Gasteiger partial charge in [-0.15, -0.1) is 11.3 Å². The first-order valence-corrected chi connectivity index (χ1v) is 5.89. The number of nitrogens with zero attached hydrogens (tertiary/aromatic N) is 3. The predicted octanol–water partition coefficient (Wildman–Crippen LogP) is 2.29. The van der Waals surface area contributed by atoms with Crippen molar-refractivity contribution in [2.24, 2.45) is 7.05 Å². The highest BCUT2D eigenvalue weighted by molar-refractivity contribution is 7.16. The van der Waals surface area contributed by atoms with E-state index in [1.54, 1.807) is 17.7 Å². The first-order valence-electron chi connectivity index (χ1n) is 5.01. The molecule has 4 nitrogen and oxygen atoms in total. The van der Waals surface area contributed by atoms with Crippen LogP contribution in [0.5, 0.6) is 0 Å². The van der Waals surface area contributed by atoms with Crippen LogP contribution >= 0.6 is 11.3 Å². The highest BCUT2D eigenvalue weighted by atomic mass is 32.1. The maximum absolute atomic E-state index is 5.78. The molecule has 0 saturated carbocycles. The molecule has 82 valence electrons. The van der Waals surface area contributed by atoms with Crippen molar-refractivity contribution < 1.29 is 0 Å². The van der Waals surface area contributed by atoms with E-state index in [0.717, 1.165) is 10.5 Å². The molecule has 2 N–H and O–H groups in total. The quantitative estimate of drug-likeness (QED) is 0.699. The molecule has 5 heteroatoms. The van der Waals surface area contributed by atoms with Gasteiger partial charge in [0.25, 0.3) is 0 Å². The van der Waals surface area contributed by atoms with Crippen molar-refractivity contribution in [3.05, 3.63) is 29.5 Å². The number of hydrogen-bond donors (Lipinski definition) is 1. The summed E-state index contributed by atoms with van der Waals surface area (Å²) in [5.41, 5.74) is 9.34. The van der Waals surface area contributed by atoms with Gasteiger partial charge in [0.05, 0.1) is 11.4 Å². The van der Waals surface area contributed by atoms with Gasteiger partial charge in [0.2, 0.25) is 0 Å². The number of nitrogen functional groups attached to an aromatic ring is 1. The van der Waals surface area contributed by atoms with Crippen LogP contribution in [0.2, 0.25) is 0 Å². The van der Waals surface area contributed by atoms with Crippen molar-refractivity contribution in [2.45, 2.75) is 6.92 Å². The van der Waals surface area contributed by atoms with Gasteiger partial charge in [-0.25, -0.2) is 4.98 Å². The zero-order chi connectivity index (χ0) is 11.3. The zero-order valence-corrected chi connectivity index (χ0v) is 9.95. The van der Waals surface area contributed by atoms with Crippen LogP contribution in [0.4, 0.5) is 5.82 Å². The summed E-state index contributed by atoms with van der Waals surface area (Å²) in [6.07, 6.45) is 1.78. The topological polar surface area (TPSA) is 48.2 Å². The second kappa shape index (κ2) is 3.12. The Morgan fingerprint density at radius 2 is 2.12 bits per heavy atom. The molecule has 0 radical (unpaired) electrons. The first kappa shape index (κ1) is 9.47. The molecular weight excluding hydrogens is 220 g/mol. The van der Waals surface area contributed by atoms with E-state index in [2.05, 4.69) is 41.0 Å². The van der Waals surface area contributed by atoms with Crippen molar-refractivity contribution in [3.63, 3.8) is 0 Å². The number of imidazole rings is 1.